The minimum Gasteiger partial charge on any atom is -0.497 e. The number of amides is 1. The highest BCUT2D eigenvalue weighted by atomic mass is 16.5. The molecule has 0 heterocycles. The first-order chi connectivity index (χ1) is 8.11. The second kappa shape index (κ2) is 6.94. The zero-order chi connectivity index (χ0) is 12.7. The lowest BCUT2D eigenvalue weighted by molar-refractivity contribution is -0.120. The molecule has 0 saturated carbocycles. The van der Waals surface area contributed by atoms with Crippen molar-refractivity contribution in [1.29, 1.82) is 0 Å². The van der Waals surface area contributed by atoms with E-state index in [-0.39, 0.29) is 5.91 Å². The van der Waals surface area contributed by atoms with Gasteiger partial charge in [0.25, 0.3) is 0 Å². The van der Waals surface area contributed by atoms with Gasteiger partial charge in [0.05, 0.1) is 13.5 Å². The van der Waals surface area contributed by atoms with Crippen molar-refractivity contribution in [3.05, 3.63) is 29.8 Å². The molecule has 0 unspecified atom stereocenters. The maximum atomic E-state index is 11.6. The Hall–Kier alpha value is -1.51. The minimum absolute atomic E-state index is 0.0795. The fourth-order valence-electron chi connectivity index (χ4n) is 1.49. The molecule has 3 heteroatoms. The summed E-state index contributed by atoms with van der Waals surface area (Å²) in [6, 6.07) is 7.58. The van der Waals surface area contributed by atoms with Crippen LogP contribution in [0.2, 0.25) is 0 Å². The molecule has 0 aliphatic rings. The van der Waals surface area contributed by atoms with Crippen LogP contribution >= 0.6 is 0 Å². The van der Waals surface area contributed by atoms with Crippen molar-refractivity contribution >= 4 is 5.91 Å². The summed E-state index contributed by atoms with van der Waals surface area (Å²) in [7, 11) is 1.63. The van der Waals surface area contributed by atoms with Crippen LogP contribution in [-0.2, 0) is 11.2 Å². The van der Waals surface area contributed by atoms with E-state index in [1.165, 1.54) is 0 Å². The van der Waals surface area contributed by atoms with E-state index in [1.54, 1.807) is 7.11 Å². The van der Waals surface area contributed by atoms with Gasteiger partial charge >= 0.3 is 0 Å². The van der Waals surface area contributed by atoms with Gasteiger partial charge in [-0.25, -0.2) is 0 Å². The largest absolute Gasteiger partial charge is 0.497 e. The maximum Gasteiger partial charge on any atom is 0.224 e. The number of carbonyl (C=O) groups is 1. The van der Waals surface area contributed by atoms with Crippen LogP contribution in [0.4, 0.5) is 0 Å². The molecule has 0 aliphatic heterocycles. The average molecular weight is 235 g/mol. The molecule has 0 radical (unpaired) electrons. The zero-order valence-corrected chi connectivity index (χ0v) is 10.8. The van der Waals surface area contributed by atoms with Crippen LogP contribution in [0.15, 0.2) is 24.3 Å². The number of benzene rings is 1. The van der Waals surface area contributed by atoms with Gasteiger partial charge in [0.2, 0.25) is 5.91 Å². The lowest BCUT2D eigenvalue weighted by atomic mass is 10.1. The molecule has 0 bridgehead atoms. The van der Waals surface area contributed by atoms with Crippen molar-refractivity contribution < 1.29 is 9.53 Å². The van der Waals surface area contributed by atoms with Crippen LogP contribution in [-0.4, -0.2) is 19.6 Å². The van der Waals surface area contributed by atoms with Gasteiger partial charge in [-0.2, -0.15) is 0 Å². The SMILES string of the molecule is COc1ccc(CC(=O)NCCC(C)C)cc1. The second-order valence-corrected chi connectivity index (χ2v) is 4.56. The molecule has 0 aliphatic carbocycles. The molecule has 1 rings (SSSR count). The van der Waals surface area contributed by atoms with E-state index in [4.69, 9.17) is 4.74 Å². The third-order valence-electron chi connectivity index (χ3n) is 2.57. The predicted molar refractivity (Wildman–Crippen MR) is 69.2 cm³/mol. The summed E-state index contributed by atoms with van der Waals surface area (Å²) in [6.45, 7) is 5.05. The van der Waals surface area contributed by atoms with E-state index in [0.29, 0.717) is 12.3 Å². The Morgan fingerprint density at radius 3 is 2.47 bits per heavy atom. The summed E-state index contributed by atoms with van der Waals surface area (Å²) in [4.78, 5) is 11.6. The molecular formula is C14H21NO2. The van der Waals surface area contributed by atoms with Gasteiger partial charge in [0.15, 0.2) is 0 Å². The fraction of sp³-hybridized carbons (Fsp3) is 0.500. The fourth-order valence-corrected chi connectivity index (χ4v) is 1.49. The van der Waals surface area contributed by atoms with Crippen LogP contribution in [0, 0.1) is 5.92 Å². The number of methoxy groups -OCH3 is 1. The molecule has 17 heavy (non-hydrogen) atoms. The quantitative estimate of drug-likeness (QED) is 0.822. The predicted octanol–water partition coefficient (Wildman–Crippen LogP) is 2.40. The van der Waals surface area contributed by atoms with E-state index >= 15 is 0 Å². The van der Waals surface area contributed by atoms with Crippen LogP contribution in [0.1, 0.15) is 25.8 Å². The van der Waals surface area contributed by atoms with Crippen LogP contribution < -0.4 is 10.1 Å². The Kier molecular flexibility index (Phi) is 5.53. The summed E-state index contributed by atoms with van der Waals surface area (Å²) in [5.74, 6) is 1.51. The number of hydrogen-bond acceptors (Lipinski definition) is 2. The minimum atomic E-state index is 0.0795. The lowest BCUT2D eigenvalue weighted by Crippen LogP contribution is -2.26. The summed E-state index contributed by atoms with van der Waals surface area (Å²) in [5.41, 5.74) is 1.01. The Morgan fingerprint density at radius 2 is 1.94 bits per heavy atom. The standard InChI is InChI=1S/C14H21NO2/c1-11(2)8-9-15-14(16)10-12-4-6-13(17-3)7-5-12/h4-7,11H,8-10H2,1-3H3,(H,15,16). The molecule has 1 amide bonds. The van der Waals surface area contributed by atoms with Crippen molar-refractivity contribution in [2.24, 2.45) is 5.92 Å². The summed E-state index contributed by atoms with van der Waals surface area (Å²) in [6.07, 6.45) is 1.45. The van der Waals surface area contributed by atoms with Crippen LogP contribution in [0.25, 0.3) is 0 Å². The van der Waals surface area contributed by atoms with E-state index in [2.05, 4.69) is 19.2 Å². The molecular weight excluding hydrogens is 214 g/mol. The number of hydrogen-bond donors (Lipinski definition) is 1. The second-order valence-electron chi connectivity index (χ2n) is 4.56. The molecule has 0 spiro atoms. The van der Waals surface area contributed by atoms with Crippen LogP contribution in [0.3, 0.4) is 0 Å². The monoisotopic (exact) mass is 235 g/mol. The summed E-state index contributed by atoms with van der Waals surface area (Å²) in [5, 5.41) is 2.92. The van der Waals surface area contributed by atoms with Crippen molar-refractivity contribution in [3.8, 4) is 5.75 Å². The van der Waals surface area contributed by atoms with Gasteiger partial charge < -0.3 is 10.1 Å². The van der Waals surface area contributed by atoms with E-state index < -0.39 is 0 Å². The van der Waals surface area contributed by atoms with Crippen molar-refractivity contribution in [2.45, 2.75) is 26.7 Å². The number of rotatable bonds is 6. The smallest absolute Gasteiger partial charge is 0.224 e. The number of ether oxygens (including phenoxy) is 1. The lowest BCUT2D eigenvalue weighted by Gasteiger charge is -2.07. The van der Waals surface area contributed by atoms with Gasteiger partial charge in [0, 0.05) is 6.54 Å². The molecule has 0 atom stereocenters. The Balaban J connectivity index is 2.34. The first-order valence-electron chi connectivity index (χ1n) is 6.01. The Morgan fingerprint density at radius 1 is 1.29 bits per heavy atom. The highest BCUT2D eigenvalue weighted by Crippen LogP contribution is 2.11. The molecule has 1 aromatic carbocycles. The first kappa shape index (κ1) is 13.6. The molecule has 94 valence electrons. The van der Waals surface area contributed by atoms with Gasteiger partial charge in [-0.05, 0) is 30.0 Å². The zero-order valence-electron chi connectivity index (χ0n) is 10.8. The first-order valence-corrected chi connectivity index (χ1v) is 6.01. The van der Waals surface area contributed by atoms with Crippen molar-refractivity contribution in [2.75, 3.05) is 13.7 Å². The maximum absolute atomic E-state index is 11.6. The van der Waals surface area contributed by atoms with Gasteiger partial charge in [-0.1, -0.05) is 26.0 Å². The molecule has 1 aromatic rings. The topological polar surface area (TPSA) is 38.3 Å². The van der Waals surface area contributed by atoms with Crippen molar-refractivity contribution in [3.63, 3.8) is 0 Å². The summed E-state index contributed by atoms with van der Waals surface area (Å²) < 4.78 is 5.06. The van der Waals surface area contributed by atoms with Gasteiger partial charge in [-0.3, -0.25) is 4.79 Å². The average Bonchev–Trinajstić information content (AvgIpc) is 2.29. The van der Waals surface area contributed by atoms with E-state index in [1.807, 2.05) is 24.3 Å². The number of nitrogens with one attached hydrogen (secondary N) is 1. The molecule has 3 nitrogen and oxygen atoms in total. The normalized spacial score (nSPS) is 10.4. The Labute approximate surface area is 103 Å². The number of carbonyl (C=O) groups excluding carboxylic acids is 1. The third-order valence-corrected chi connectivity index (χ3v) is 2.57. The molecule has 0 saturated heterocycles. The van der Waals surface area contributed by atoms with Gasteiger partial charge in [0.1, 0.15) is 5.75 Å². The highest BCUT2D eigenvalue weighted by Gasteiger charge is 2.03. The van der Waals surface area contributed by atoms with E-state index in [9.17, 15) is 4.79 Å². The van der Waals surface area contributed by atoms with Crippen LogP contribution in [0.5, 0.6) is 5.75 Å². The molecule has 0 fully saturated rings. The summed E-state index contributed by atoms with van der Waals surface area (Å²) >= 11 is 0. The van der Waals surface area contributed by atoms with Crippen molar-refractivity contribution in [1.82, 2.24) is 5.32 Å². The molecule has 0 aromatic heterocycles. The van der Waals surface area contributed by atoms with E-state index in [0.717, 1.165) is 24.3 Å². The highest BCUT2D eigenvalue weighted by molar-refractivity contribution is 5.78. The molecule has 1 N–H and O–H groups in total. The third kappa shape index (κ3) is 5.38. The van der Waals surface area contributed by atoms with Gasteiger partial charge in [-0.15, -0.1) is 0 Å². The Bertz CT molecular complexity index is 344.